The number of benzene rings is 3. The van der Waals surface area contributed by atoms with Gasteiger partial charge < -0.3 is 4.74 Å². The van der Waals surface area contributed by atoms with Gasteiger partial charge in [-0.15, -0.1) is 11.8 Å². The fraction of sp³-hybridized carbons (Fsp3) is 0.394. The summed E-state index contributed by atoms with van der Waals surface area (Å²) in [7, 11) is 1.71. The second kappa shape index (κ2) is 18.0. The minimum Gasteiger partial charge on any atom is -0.497 e. The van der Waals surface area contributed by atoms with E-state index in [1.165, 1.54) is 84.6 Å². The Bertz CT molecular complexity index is 1070. The highest BCUT2D eigenvalue weighted by molar-refractivity contribution is 8.78. The first kappa shape index (κ1) is 31.1. The summed E-state index contributed by atoms with van der Waals surface area (Å²) in [4.78, 5) is 0. The number of unbranched alkanes of at least 4 members (excludes halogenated alkanes) is 9. The van der Waals surface area contributed by atoms with Crippen LogP contribution in [0.25, 0.3) is 6.08 Å². The molecule has 0 atom stereocenters. The van der Waals surface area contributed by atoms with Crippen LogP contribution in [0.4, 0.5) is 0 Å². The minimum absolute atomic E-state index is 0.882. The van der Waals surface area contributed by atoms with Crippen LogP contribution in [0.15, 0.2) is 89.2 Å². The molecule has 0 heterocycles. The predicted octanol–water partition coefficient (Wildman–Crippen LogP) is 10.4. The largest absolute Gasteiger partial charge is 0.497 e. The van der Waals surface area contributed by atoms with Crippen LogP contribution in [-0.4, -0.2) is 12.9 Å². The van der Waals surface area contributed by atoms with Crippen molar-refractivity contribution in [2.24, 2.45) is 0 Å². The Balaban J connectivity index is 1.67. The molecule has 204 valence electrons. The molecule has 0 unspecified atom stereocenters. The van der Waals surface area contributed by atoms with Gasteiger partial charge in [0.2, 0.25) is 0 Å². The number of thioether (sulfide) groups is 1. The Morgan fingerprint density at radius 3 is 1.71 bits per heavy atom. The average molecular weight is 583 g/mol. The molecule has 0 spiro atoms. The lowest BCUT2D eigenvalue weighted by molar-refractivity contribution is 0.415. The maximum atomic E-state index is 6.55. The van der Waals surface area contributed by atoms with E-state index in [0.29, 0.717) is 0 Å². The van der Waals surface area contributed by atoms with Crippen molar-refractivity contribution in [2.45, 2.75) is 71.1 Å². The molecule has 1 nitrogen and oxygen atoms in total. The van der Waals surface area contributed by atoms with Gasteiger partial charge in [0, 0.05) is 4.24 Å². The summed E-state index contributed by atoms with van der Waals surface area (Å²) in [6.07, 6.45) is 16.0. The van der Waals surface area contributed by atoms with Gasteiger partial charge in [-0.2, -0.15) is 0 Å². The highest BCUT2D eigenvalue weighted by Gasteiger charge is 2.25. The van der Waals surface area contributed by atoms with Gasteiger partial charge in [0.1, 0.15) is 5.75 Å². The minimum atomic E-state index is -2.08. The monoisotopic (exact) mass is 582 g/mol. The molecular weight excluding hydrogens is 540 g/mol. The first-order valence-electron chi connectivity index (χ1n) is 14.0. The SMILES string of the molecule is CCCCCCCCCCCCS/C(=C\c1ccc(OC)cc1)SP(=S)(c1ccccc1)c1ccccc1. The third-order valence-electron chi connectivity index (χ3n) is 6.55. The number of rotatable bonds is 18. The molecule has 0 radical (unpaired) electrons. The van der Waals surface area contributed by atoms with Crippen molar-refractivity contribution >= 4 is 56.9 Å². The average Bonchev–Trinajstić information content (AvgIpc) is 2.97. The molecule has 0 aliphatic carbocycles. The van der Waals surface area contributed by atoms with E-state index in [1.54, 1.807) is 7.11 Å². The molecule has 0 fully saturated rings. The Kier molecular flexibility index (Phi) is 14.7. The lowest BCUT2D eigenvalue weighted by atomic mass is 10.1. The highest BCUT2D eigenvalue weighted by atomic mass is 32.9. The fourth-order valence-corrected chi connectivity index (χ4v) is 13.3. The quantitative estimate of drug-likeness (QED) is 0.109. The number of methoxy groups -OCH3 is 1. The van der Waals surface area contributed by atoms with E-state index in [9.17, 15) is 0 Å². The summed E-state index contributed by atoms with van der Waals surface area (Å²) in [6, 6.07) is 29.8. The van der Waals surface area contributed by atoms with Crippen molar-refractivity contribution in [3.63, 3.8) is 0 Å². The summed E-state index contributed by atoms with van der Waals surface area (Å²) in [5.74, 6) is 2.01. The van der Waals surface area contributed by atoms with Crippen LogP contribution in [0.2, 0.25) is 0 Å². The smallest absolute Gasteiger partial charge is 0.118 e. The zero-order valence-corrected chi connectivity index (χ0v) is 26.4. The third-order valence-corrected chi connectivity index (χ3v) is 15.5. The van der Waals surface area contributed by atoms with Crippen LogP contribution in [0, 0.1) is 0 Å². The van der Waals surface area contributed by atoms with Crippen LogP contribution >= 0.6 is 28.4 Å². The molecule has 0 bridgehead atoms. The molecular formula is C33H43OPS3. The molecule has 38 heavy (non-hydrogen) atoms. The number of hydrogen-bond donors (Lipinski definition) is 0. The molecule has 0 aliphatic heterocycles. The molecule has 0 saturated carbocycles. The van der Waals surface area contributed by atoms with E-state index in [4.69, 9.17) is 16.5 Å². The summed E-state index contributed by atoms with van der Waals surface area (Å²) in [6.45, 7) is 2.29. The van der Waals surface area contributed by atoms with Gasteiger partial charge >= 0.3 is 0 Å². The Morgan fingerprint density at radius 2 is 1.21 bits per heavy atom. The van der Waals surface area contributed by atoms with Crippen LogP contribution in [-0.2, 0) is 11.8 Å². The van der Waals surface area contributed by atoms with Gasteiger partial charge in [0.15, 0.2) is 0 Å². The van der Waals surface area contributed by atoms with E-state index in [1.807, 2.05) is 35.3 Å². The molecule has 3 aromatic rings. The van der Waals surface area contributed by atoms with Crippen LogP contribution < -0.4 is 15.3 Å². The second-order valence-corrected chi connectivity index (χ2v) is 18.3. The van der Waals surface area contributed by atoms with Crippen molar-refractivity contribution < 1.29 is 4.74 Å². The van der Waals surface area contributed by atoms with E-state index in [0.717, 1.165) is 11.5 Å². The molecule has 0 saturated heterocycles. The molecule has 0 aliphatic rings. The first-order valence-corrected chi connectivity index (χ1v) is 19.3. The first-order chi connectivity index (χ1) is 18.7. The maximum absolute atomic E-state index is 6.55. The standard InChI is InChI=1S/C33H43OPS3/c1-3-4-5-6-7-8-9-10-11-18-27-37-33(28-29-23-25-30(34-2)26-24-29)38-35(36,31-19-14-12-15-20-31)32-21-16-13-17-22-32/h12-17,19-26,28H,3-11,18,27H2,1-2H3/b33-28+. The van der Waals surface area contributed by atoms with Gasteiger partial charge in [-0.25, -0.2) is 0 Å². The Hall–Kier alpha value is -1.45. The highest BCUT2D eigenvalue weighted by Crippen LogP contribution is 2.62. The Morgan fingerprint density at radius 1 is 0.711 bits per heavy atom. The zero-order chi connectivity index (χ0) is 26.9. The van der Waals surface area contributed by atoms with Gasteiger partial charge in [0.05, 0.1) is 12.3 Å². The predicted molar refractivity (Wildman–Crippen MR) is 179 cm³/mol. The molecule has 0 N–H and O–H groups in total. The maximum Gasteiger partial charge on any atom is 0.118 e. The summed E-state index contributed by atoms with van der Waals surface area (Å²) >= 11 is 10.4. The van der Waals surface area contributed by atoms with Crippen molar-refractivity contribution in [1.29, 1.82) is 0 Å². The van der Waals surface area contributed by atoms with Crippen molar-refractivity contribution in [1.82, 2.24) is 0 Å². The molecule has 0 amide bonds. The van der Waals surface area contributed by atoms with Gasteiger partial charge in [-0.1, -0.05) is 161 Å². The lowest BCUT2D eigenvalue weighted by Gasteiger charge is -2.24. The molecule has 0 aromatic heterocycles. The lowest BCUT2D eigenvalue weighted by Crippen LogP contribution is -2.13. The topological polar surface area (TPSA) is 9.23 Å². The summed E-state index contributed by atoms with van der Waals surface area (Å²) in [5, 5.41) is 0.433. The van der Waals surface area contributed by atoms with Crippen LogP contribution in [0.1, 0.15) is 76.7 Å². The number of ether oxygens (including phenoxy) is 1. The van der Waals surface area contributed by atoms with Gasteiger partial charge in [0.25, 0.3) is 0 Å². The molecule has 5 heteroatoms. The molecule has 3 rings (SSSR count). The van der Waals surface area contributed by atoms with E-state index in [2.05, 4.69) is 85.8 Å². The number of hydrogen-bond acceptors (Lipinski definition) is 4. The second-order valence-electron chi connectivity index (χ2n) is 9.58. The van der Waals surface area contributed by atoms with Gasteiger partial charge in [-0.3, -0.25) is 0 Å². The zero-order valence-electron chi connectivity index (χ0n) is 23.0. The molecule has 3 aromatic carbocycles. The van der Waals surface area contributed by atoms with Crippen molar-refractivity contribution in [3.8, 4) is 5.75 Å². The fourth-order valence-electron chi connectivity index (χ4n) is 4.32. The Labute approximate surface area is 245 Å². The third kappa shape index (κ3) is 10.6. The summed E-state index contributed by atoms with van der Waals surface area (Å²) < 4.78 is 6.68. The normalized spacial score (nSPS) is 12.0. The van der Waals surface area contributed by atoms with E-state index >= 15 is 0 Å². The van der Waals surface area contributed by atoms with Crippen LogP contribution in [0.5, 0.6) is 5.75 Å². The van der Waals surface area contributed by atoms with Crippen molar-refractivity contribution in [3.05, 3.63) is 94.7 Å². The van der Waals surface area contributed by atoms with Crippen LogP contribution in [0.3, 0.4) is 0 Å². The van der Waals surface area contributed by atoms with Crippen molar-refractivity contribution in [2.75, 3.05) is 12.9 Å². The summed E-state index contributed by atoms with van der Waals surface area (Å²) in [5.41, 5.74) is 1.19. The van der Waals surface area contributed by atoms with Gasteiger partial charge in [-0.05, 0) is 46.6 Å². The van der Waals surface area contributed by atoms with E-state index < -0.39 is 5.24 Å². The van der Waals surface area contributed by atoms with E-state index in [-0.39, 0.29) is 0 Å².